The fraction of sp³-hybridized carbons (Fsp3) is 0.200. The van der Waals surface area contributed by atoms with E-state index in [4.69, 9.17) is 14.2 Å². The van der Waals surface area contributed by atoms with Gasteiger partial charge < -0.3 is 24.8 Å². The van der Waals surface area contributed by atoms with E-state index in [2.05, 4.69) is 20.6 Å². The van der Waals surface area contributed by atoms with E-state index in [0.29, 0.717) is 25.6 Å². The SMILES string of the molecule is c1ccc(OCCNc2ccnc(NCc3ccc4c(c3)OCO4)n2)cc1. The van der Waals surface area contributed by atoms with Crippen molar-refractivity contribution in [3.05, 3.63) is 66.4 Å². The van der Waals surface area contributed by atoms with E-state index in [-0.39, 0.29) is 6.79 Å². The first-order valence-electron chi connectivity index (χ1n) is 8.74. The van der Waals surface area contributed by atoms with Crippen LogP contribution in [-0.2, 0) is 6.54 Å². The standard InChI is InChI=1S/C20H20N4O3/c1-2-4-16(5-3-1)25-11-10-21-19-8-9-22-20(24-19)23-13-15-6-7-17-18(12-15)27-14-26-17/h1-9,12H,10-11,13-14H2,(H2,21,22,23,24). The summed E-state index contributed by atoms with van der Waals surface area (Å²) in [6, 6.07) is 17.4. The second kappa shape index (κ2) is 8.27. The molecule has 0 saturated heterocycles. The summed E-state index contributed by atoms with van der Waals surface area (Å²) < 4.78 is 16.4. The number of benzene rings is 2. The number of ether oxygens (including phenoxy) is 3. The minimum atomic E-state index is 0.275. The van der Waals surface area contributed by atoms with E-state index in [0.717, 1.165) is 28.6 Å². The first-order chi connectivity index (χ1) is 13.4. The predicted molar refractivity (Wildman–Crippen MR) is 102 cm³/mol. The van der Waals surface area contributed by atoms with Crippen molar-refractivity contribution in [2.24, 2.45) is 0 Å². The Morgan fingerprint density at radius 1 is 0.963 bits per heavy atom. The van der Waals surface area contributed by atoms with Crippen LogP contribution in [0.4, 0.5) is 11.8 Å². The maximum absolute atomic E-state index is 5.66. The number of hydrogen-bond acceptors (Lipinski definition) is 7. The van der Waals surface area contributed by atoms with E-state index in [1.807, 2.05) is 54.6 Å². The van der Waals surface area contributed by atoms with Gasteiger partial charge in [0.05, 0.1) is 6.54 Å². The number of anilines is 2. The number of nitrogens with zero attached hydrogens (tertiary/aromatic N) is 2. The lowest BCUT2D eigenvalue weighted by Gasteiger charge is -2.10. The van der Waals surface area contributed by atoms with Gasteiger partial charge in [-0.25, -0.2) is 4.98 Å². The Morgan fingerprint density at radius 2 is 1.85 bits per heavy atom. The lowest BCUT2D eigenvalue weighted by atomic mass is 10.2. The molecule has 0 spiro atoms. The van der Waals surface area contributed by atoms with Gasteiger partial charge >= 0.3 is 0 Å². The molecule has 2 heterocycles. The summed E-state index contributed by atoms with van der Waals surface area (Å²) in [7, 11) is 0. The van der Waals surface area contributed by atoms with Crippen molar-refractivity contribution in [3.8, 4) is 17.2 Å². The monoisotopic (exact) mass is 364 g/mol. The molecule has 0 saturated carbocycles. The molecule has 4 rings (SSSR count). The van der Waals surface area contributed by atoms with Crippen LogP contribution < -0.4 is 24.8 Å². The molecule has 2 aromatic carbocycles. The maximum atomic E-state index is 5.66. The molecule has 138 valence electrons. The zero-order chi connectivity index (χ0) is 18.3. The molecule has 27 heavy (non-hydrogen) atoms. The highest BCUT2D eigenvalue weighted by molar-refractivity contribution is 5.46. The maximum Gasteiger partial charge on any atom is 0.231 e. The number of nitrogens with one attached hydrogen (secondary N) is 2. The van der Waals surface area contributed by atoms with Crippen molar-refractivity contribution < 1.29 is 14.2 Å². The van der Waals surface area contributed by atoms with Gasteiger partial charge in [-0.2, -0.15) is 4.98 Å². The summed E-state index contributed by atoms with van der Waals surface area (Å²) in [4.78, 5) is 8.71. The van der Waals surface area contributed by atoms with Gasteiger partial charge in [-0.05, 0) is 35.9 Å². The van der Waals surface area contributed by atoms with Crippen LogP contribution in [0.2, 0.25) is 0 Å². The average Bonchev–Trinajstić information content (AvgIpc) is 3.19. The molecule has 0 radical (unpaired) electrons. The van der Waals surface area contributed by atoms with E-state index >= 15 is 0 Å². The van der Waals surface area contributed by atoms with Crippen LogP contribution in [0.25, 0.3) is 0 Å². The molecular formula is C20H20N4O3. The van der Waals surface area contributed by atoms with Gasteiger partial charge in [0.15, 0.2) is 11.5 Å². The van der Waals surface area contributed by atoms with Crippen molar-refractivity contribution in [1.29, 1.82) is 0 Å². The summed E-state index contributed by atoms with van der Waals surface area (Å²) in [5.41, 5.74) is 1.07. The Morgan fingerprint density at radius 3 is 2.78 bits per heavy atom. The topological polar surface area (TPSA) is 77.5 Å². The number of aromatic nitrogens is 2. The first kappa shape index (κ1) is 17.0. The zero-order valence-electron chi connectivity index (χ0n) is 14.7. The van der Waals surface area contributed by atoms with Crippen LogP contribution in [0.3, 0.4) is 0 Å². The molecule has 1 aliphatic heterocycles. The first-order valence-corrected chi connectivity index (χ1v) is 8.74. The summed E-state index contributed by atoms with van der Waals surface area (Å²) in [5.74, 6) is 3.70. The minimum absolute atomic E-state index is 0.275. The molecule has 0 fully saturated rings. The molecule has 7 heteroatoms. The highest BCUT2D eigenvalue weighted by atomic mass is 16.7. The average molecular weight is 364 g/mol. The fourth-order valence-electron chi connectivity index (χ4n) is 2.64. The molecule has 1 aromatic heterocycles. The van der Waals surface area contributed by atoms with Crippen molar-refractivity contribution >= 4 is 11.8 Å². The molecule has 3 aromatic rings. The number of hydrogen-bond donors (Lipinski definition) is 2. The molecule has 0 aliphatic carbocycles. The quantitative estimate of drug-likeness (QED) is 0.594. The van der Waals surface area contributed by atoms with Gasteiger partial charge in [0.2, 0.25) is 12.7 Å². The van der Waals surface area contributed by atoms with E-state index in [1.54, 1.807) is 6.20 Å². The lowest BCUT2D eigenvalue weighted by molar-refractivity contribution is 0.174. The summed E-state index contributed by atoms with van der Waals surface area (Å²) >= 11 is 0. The lowest BCUT2D eigenvalue weighted by Crippen LogP contribution is -2.13. The van der Waals surface area contributed by atoms with Crippen LogP contribution in [0, 0.1) is 0 Å². The van der Waals surface area contributed by atoms with E-state index in [1.165, 1.54) is 0 Å². The van der Waals surface area contributed by atoms with Crippen LogP contribution >= 0.6 is 0 Å². The molecule has 0 atom stereocenters. The fourth-order valence-corrected chi connectivity index (χ4v) is 2.64. The number of para-hydroxylation sites is 1. The van der Waals surface area contributed by atoms with Gasteiger partial charge in [0.25, 0.3) is 0 Å². The smallest absolute Gasteiger partial charge is 0.231 e. The second-order valence-corrected chi connectivity index (χ2v) is 5.89. The van der Waals surface area contributed by atoms with Gasteiger partial charge in [-0.1, -0.05) is 24.3 Å². The van der Waals surface area contributed by atoms with Gasteiger partial charge in [-0.3, -0.25) is 0 Å². The largest absolute Gasteiger partial charge is 0.492 e. The van der Waals surface area contributed by atoms with Crippen molar-refractivity contribution in [2.75, 3.05) is 30.6 Å². The van der Waals surface area contributed by atoms with Gasteiger partial charge in [-0.15, -0.1) is 0 Å². The minimum Gasteiger partial charge on any atom is -0.492 e. The number of rotatable bonds is 8. The van der Waals surface area contributed by atoms with Crippen LogP contribution in [-0.4, -0.2) is 29.9 Å². The normalized spacial score (nSPS) is 11.9. The number of fused-ring (bicyclic) bond motifs is 1. The Kier molecular flexibility index (Phi) is 5.19. The predicted octanol–water partition coefficient (Wildman–Crippen LogP) is 3.31. The third kappa shape index (κ3) is 4.58. The van der Waals surface area contributed by atoms with Gasteiger partial charge in [0.1, 0.15) is 18.2 Å². The van der Waals surface area contributed by atoms with Crippen molar-refractivity contribution in [3.63, 3.8) is 0 Å². The molecule has 7 nitrogen and oxygen atoms in total. The highest BCUT2D eigenvalue weighted by Gasteiger charge is 2.13. The van der Waals surface area contributed by atoms with Crippen molar-refractivity contribution in [2.45, 2.75) is 6.54 Å². The van der Waals surface area contributed by atoms with Gasteiger partial charge in [0, 0.05) is 12.7 Å². The Bertz CT molecular complexity index is 889. The van der Waals surface area contributed by atoms with Crippen LogP contribution in [0.5, 0.6) is 17.2 Å². The highest BCUT2D eigenvalue weighted by Crippen LogP contribution is 2.32. The molecule has 0 unspecified atom stereocenters. The van der Waals surface area contributed by atoms with E-state index in [9.17, 15) is 0 Å². The molecule has 1 aliphatic rings. The third-order valence-electron chi connectivity index (χ3n) is 3.96. The molecular weight excluding hydrogens is 344 g/mol. The molecule has 0 bridgehead atoms. The molecule has 2 N–H and O–H groups in total. The summed E-state index contributed by atoms with van der Waals surface area (Å²) in [6.45, 7) is 2.07. The second-order valence-electron chi connectivity index (χ2n) is 5.89. The Hall–Kier alpha value is -3.48. The Balaban J connectivity index is 1.26. The Labute approximate surface area is 157 Å². The third-order valence-corrected chi connectivity index (χ3v) is 3.96. The molecule has 0 amide bonds. The zero-order valence-corrected chi connectivity index (χ0v) is 14.7. The summed E-state index contributed by atoms with van der Waals surface area (Å²) in [5, 5.41) is 6.45. The summed E-state index contributed by atoms with van der Waals surface area (Å²) in [6.07, 6.45) is 1.72. The van der Waals surface area contributed by atoms with E-state index < -0.39 is 0 Å². The van der Waals surface area contributed by atoms with Crippen LogP contribution in [0.1, 0.15) is 5.56 Å². The van der Waals surface area contributed by atoms with Crippen molar-refractivity contribution in [1.82, 2.24) is 9.97 Å². The van der Waals surface area contributed by atoms with Crippen LogP contribution in [0.15, 0.2) is 60.8 Å².